The Bertz CT molecular complexity index is 809. The number of methoxy groups -OCH3 is 2. The van der Waals surface area contributed by atoms with Crippen molar-refractivity contribution in [2.24, 2.45) is 0 Å². The first kappa shape index (κ1) is 21.7. The molecule has 0 unspecified atom stereocenters. The summed E-state index contributed by atoms with van der Waals surface area (Å²) < 4.78 is 16.0. The summed E-state index contributed by atoms with van der Waals surface area (Å²) in [6, 6.07) is 8.65. The lowest BCUT2D eigenvalue weighted by atomic mass is 10.1. The molecule has 0 spiro atoms. The fraction of sp³-hybridized carbons (Fsp3) is 0.455. The number of hydrogen-bond acceptors (Lipinski definition) is 6. The van der Waals surface area contributed by atoms with E-state index in [1.807, 2.05) is 12.1 Å². The summed E-state index contributed by atoms with van der Waals surface area (Å²) in [4.78, 5) is 27.1. The summed E-state index contributed by atoms with van der Waals surface area (Å²) in [6.07, 6.45) is 5.17. The van der Waals surface area contributed by atoms with Crippen molar-refractivity contribution in [3.05, 3.63) is 47.9 Å². The number of rotatable bonds is 9. The van der Waals surface area contributed by atoms with E-state index >= 15 is 0 Å². The minimum atomic E-state index is -0.374. The van der Waals surface area contributed by atoms with Crippen LogP contribution in [-0.4, -0.2) is 57.1 Å². The van der Waals surface area contributed by atoms with Gasteiger partial charge in [-0.1, -0.05) is 6.42 Å². The predicted molar refractivity (Wildman–Crippen MR) is 112 cm³/mol. The maximum absolute atomic E-state index is 12.4. The average molecular weight is 415 g/mol. The fourth-order valence-corrected chi connectivity index (χ4v) is 3.59. The highest BCUT2D eigenvalue weighted by atomic mass is 16.5. The van der Waals surface area contributed by atoms with Crippen LogP contribution in [0.2, 0.25) is 0 Å². The molecule has 1 aromatic heterocycles. The molecule has 2 amide bonds. The normalized spacial score (nSPS) is 15.3. The molecule has 1 aliphatic rings. The van der Waals surface area contributed by atoms with Gasteiger partial charge >= 0.3 is 0 Å². The first-order valence-corrected chi connectivity index (χ1v) is 10.2. The molecule has 2 aromatic rings. The third-order valence-electron chi connectivity index (χ3n) is 5.22. The van der Waals surface area contributed by atoms with Crippen molar-refractivity contribution in [3.8, 4) is 11.5 Å². The summed E-state index contributed by atoms with van der Waals surface area (Å²) >= 11 is 0. The molecule has 0 saturated carbocycles. The number of hydrogen-bond donors (Lipinski definition) is 2. The van der Waals surface area contributed by atoms with Gasteiger partial charge in [0.2, 0.25) is 5.91 Å². The number of carbonyl (C=O) groups is 2. The van der Waals surface area contributed by atoms with E-state index in [0.29, 0.717) is 23.6 Å². The molecule has 8 nitrogen and oxygen atoms in total. The van der Waals surface area contributed by atoms with Gasteiger partial charge in [-0.3, -0.25) is 14.5 Å². The van der Waals surface area contributed by atoms with Crippen LogP contribution in [-0.2, 0) is 4.79 Å². The molecule has 3 rings (SSSR count). The molecule has 8 heteroatoms. The third-order valence-corrected chi connectivity index (χ3v) is 5.22. The summed E-state index contributed by atoms with van der Waals surface area (Å²) in [5.74, 6) is 1.22. The highest BCUT2D eigenvalue weighted by Crippen LogP contribution is 2.24. The van der Waals surface area contributed by atoms with Crippen LogP contribution >= 0.6 is 0 Å². The molecule has 2 heterocycles. The van der Waals surface area contributed by atoms with Crippen molar-refractivity contribution in [2.75, 3.05) is 40.4 Å². The van der Waals surface area contributed by atoms with Crippen LogP contribution in [0.1, 0.15) is 41.4 Å². The second-order valence-corrected chi connectivity index (χ2v) is 7.22. The van der Waals surface area contributed by atoms with E-state index in [4.69, 9.17) is 13.9 Å². The maximum Gasteiger partial charge on any atom is 0.251 e. The monoisotopic (exact) mass is 415 g/mol. The van der Waals surface area contributed by atoms with Crippen molar-refractivity contribution in [2.45, 2.75) is 25.3 Å². The van der Waals surface area contributed by atoms with E-state index < -0.39 is 0 Å². The molecular formula is C22H29N3O5. The number of benzene rings is 1. The molecule has 1 aliphatic heterocycles. The molecular weight excluding hydrogens is 386 g/mol. The molecule has 30 heavy (non-hydrogen) atoms. The van der Waals surface area contributed by atoms with Gasteiger partial charge in [0.1, 0.15) is 17.3 Å². The fourth-order valence-electron chi connectivity index (χ4n) is 3.59. The van der Waals surface area contributed by atoms with Gasteiger partial charge in [-0.2, -0.15) is 0 Å². The van der Waals surface area contributed by atoms with Gasteiger partial charge < -0.3 is 24.5 Å². The van der Waals surface area contributed by atoms with Gasteiger partial charge in [-0.15, -0.1) is 0 Å². The predicted octanol–water partition coefficient (Wildman–Crippen LogP) is 2.37. The van der Waals surface area contributed by atoms with Crippen LogP contribution in [0.25, 0.3) is 0 Å². The zero-order valence-electron chi connectivity index (χ0n) is 17.5. The average Bonchev–Trinajstić information content (AvgIpc) is 3.32. The van der Waals surface area contributed by atoms with Crippen molar-refractivity contribution in [1.29, 1.82) is 0 Å². The van der Waals surface area contributed by atoms with Crippen LogP contribution in [0.15, 0.2) is 41.0 Å². The summed E-state index contributed by atoms with van der Waals surface area (Å²) in [7, 11) is 3.03. The smallest absolute Gasteiger partial charge is 0.251 e. The molecule has 1 aromatic carbocycles. The second kappa shape index (κ2) is 10.7. The van der Waals surface area contributed by atoms with Gasteiger partial charge in [0, 0.05) is 18.2 Å². The zero-order valence-corrected chi connectivity index (χ0v) is 17.5. The van der Waals surface area contributed by atoms with Gasteiger partial charge in [-0.25, -0.2) is 0 Å². The lowest BCUT2D eigenvalue weighted by molar-refractivity contribution is -0.120. The van der Waals surface area contributed by atoms with Crippen molar-refractivity contribution < 1.29 is 23.5 Å². The Balaban J connectivity index is 1.54. The first-order chi connectivity index (χ1) is 14.6. The molecule has 162 valence electrons. The van der Waals surface area contributed by atoms with E-state index in [-0.39, 0.29) is 24.4 Å². The van der Waals surface area contributed by atoms with E-state index in [1.165, 1.54) is 20.6 Å². The largest absolute Gasteiger partial charge is 0.497 e. The number of nitrogens with one attached hydrogen (secondary N) is 2. The van der Waals surface area contributed by atoms with Crippen LogP contribution < -0.4 is 20.1 Å². The van der Waals surface area contributed by atoms with E-state index in [1.54, 1.807) is 24.5 Å². The van der Waals surface area contributed by atoms with Crippen LogP contribution in [0.3, 0.4) is 0 Å². The van der Waals surface area contributed by atoms with Crippen molar-refractivity contribution >= 4 is 11.8 Å². The molecule has 0 radical (unpaired) electrons. The molecule has 1 atom stereocenters. The summed E-state index contributed by atoms with van der Waals surface area (Å²) in [5, 5.41) is 5.56. The van der Waals surface area contributed by atoms with E-state index in [0.717, 1.165) is 31.7 Å². The Morgan fingerprint density at radius 1 is 1.07 bits per heavy atom. The van der Waals surface area contributed by atoms with E-state index in [2.05, 4.69) is 15.5 Å². The Morgan fingerprint density at radius 2 is 1.77 bits per heavy atom. The summed E-state index contributed by atoms with van der Waals surface area (Å²) in [5.41, 5.74) is 0.362. The lowest BCUT2D eigenvalue weighted by Crippen LogP contribution is -2.43. The highest BCUT2D eigenvalue weighted by Gasteiger charge is 2.25. The highest BCUT2D eigenvalue weighted by molar-refractivity contribution is 5.97. The maximum atomic E-state index is 12.4. The number of amides is 2. The number of nitrogens with zero attached hydrogens (tertiary/aromatic N) is 1. The number of furan rings is 1. The van der Waals surface area contributed by atoms with Crippen LogP contribution in [0.5, 0.6) is 11.5 Å². The Labute approximate surface area is 176 Å². The number of ether oxygens (including phenoxy) is 2. The summed E-state index contributed by atoms with van der Waals surface area (Å²) in [6.45, 7) is 2.27. The van der Waals surface area contributed by atoms with Gasteiger partial charge in [0.25, 0.3) is 5.91 Å². The quantitative estimate of drug-likeness (QED) is 0.653. The second-order valence-electron chi connectivity index (χ2n) is 7.22. The Kier molecular flexibility index (Phi) is 7.73. The third kappa shape index (κ3) is 5.76. The standard InChI is InChI=1S/C22H29N3O5/c1-28-17-11-16(12-18(13-17)29-2)22(27)24-15-21(26)23-14-19(20-7-6-10-30-20)25-8-4-3-5-9-25/h6-7,10-13,19H,3-5,8-9,14-15H2,1-2H3,(H,23,26)(H,24,27)/t19-/m0/s1. The van der Waals surface area contributed by atoms with Gasteiger partial charge in [0.05, 0.1) is 33.1 Å². The van der Waals surface area contributed by atoms with E-state index in [9.17, 15) is 9.59 Å². The first-order valence-electron chi connectivity index (χ1n) is 10.2. The molecule has 2 N–H and O–H groups in total. The van der Waals surface area contributed by atoms with Crippen LogP contribution in [0.4, 0.5) is 0 Å². The minimum absolute atomic E-state index is 0.0115. The topological polar surface area (TPSA) is 93.0 Å². The van der Waals surface area contributed by atoms with Crippen LogP contribution in [0, 0.1) is 0 Å². The van der Waals surface area contributed by atoms with Gasteiger partial charge in [-0.05, 0) is 50.2 Å². The number of piperidine rings is 1. The molecule has 1 fully saturated rings. The number of carbonyl (C=O) groups excluding carboxylic acids is 2. The minimum Gasteiger partial charge on any atom is -0.497 e. The lowest BCUT2D eigenvalue weighted by Gasteiger charge is -2.33. The molecule has 1 saturated heterocycles. The molecule has 0 aliphatic carbocycles. The van der Waals surface area contributed by atoms with Crippen molar-refractivity contribution in [3.63, 3.8) is 0 Å². The SMILES string of the molecule is COc1cc(OC)cc(C(=O)NCC(=O)NC[C@@H](c2ccco2)N2CCCCC2)c1. The van der Waals surface area contributed by atoms with Crippen molar-refractivity contribution in [1.82, 2.24) is 15.5 Å². The number of likely N-dealkylation sites (tertiary alicyclic amines) is 1. The zero-order chi connectivity index (χ0) is 21.3. The van der Waals surface area contributed by atoms with Gasteiger partial charge in [0.15, 0.2) is 0 Å². The molecule has 0 bridgehead atoms. The Morgan fingerprint density at radius 3 is 2.37 bits per heavy atom. The Hall–Kier alpha value is -3.00.